The quantitative estimate of drug-likeness (QED) is 0.801. The van der Waals surface area contributed by atoms with E-state index in [0.29, 0.717) is 23.9 Å². The Labute approximate surface area is 124 Å². The average Bonchev–Trinajstić information content (AvgIpc) is 2.80. The third-order valence-corrected chi connectivity index (χ3v) is 4.09. The van der Waals surface area contributed by atoms with E-state index in [9.17, 15) is 4.79 Å². The first-order chi connectivity index (χ1) is 9.35. The number of hydrogen-bond donors (Lipinski definition) is 0. The summed E-state index contributed by atoms with van der Waals surface area (Å²) in [6.07, 6.45) is 1.55. The number of carbonyl (C=O) groups is 1. The average molecular weight is 300 g/mol. The van der Waals surface area contributed by atoms with E-state index in [1.54, 1.807) is 10.9 Å². The van der Waals surface area contributed by atoms with Gasteiger partial charge < -0.3 is 4.74 Å². The van der Waals surface area contributed by atoms with Crippen LogP contribution in [0.1, 0.15) is 44.2 Å². The molecule has 1 fully saturated rings. The number of rotatable bonds is 4. The lowest BCUT2D eigenvalue weighted by molar-refractivity contribution is -0.00470. The van der Waals surface area contributed by atoms with Gasteiger partial charge in [-0.05, 0) is 27.7 Å². The minimum absolute atomic E-state index is 0.00981. The Morgan fingerprint density at radius 1 is 1.40 bits per heavy atom. The van der Waals surface area contributed by atoms with E-state index < -0.39 is 5.54 Å². The molecule has 1 aliphatic rings. The van der Waals surface area contributed by atoms with Crippen molar-refractivity contribution in [3.63, 3.8) is 0 Å². The van der Waals surface area contributed by atoms with Crippen LogP contribution >= 0.6 is 11.6 Å². The molecule has 112 valence electrons. The van der Waals surface area contributed by atoms with Gasteiger partial charge >= 0.3 is 0 Å². The molecule has 2 rings (SSSR count). The lowest BCUT2D eigenvalue weighted by Crippen LogP contribution is -2.54. The molecule has 0 spiro atoms. The molecule has 0 aliphatic carbocycles. The summed E-state index contributed by atoms with van der Waals surface area (Å²) in [5, 5.41) is 4.64. The highest BCUT2D eigenvalue weighted by Gasteiger charge is 2.38. The zero-order chi connectivity index (χ0) is 14.9. The standard InChI is InChI=1S/C14H22ClN3O2/c1-10(2)18-12(11(15)9-16-18)13(19)14(3,4)17-5-7-20-8-6-17/h9-10H,5-8H2,1-4H3. The van der Waals surface area contributed by atoms with E-state index >= 15 is 0 Å². The molecule has 0 unspecified atom stereocenters. The fourth-order valence-corrected chi connectivity index (χ4v) is 2.72. The summed E-state index contributed by atoms with van der Waals surface area (Å²) in [7, 11) is 0. The summed E-state index contributed by atoms with van der Waals surface area (Å²) >= 11 is 6.18. The van der Waals surface area contributed by atoms with Crippen LogP contribution in [0.25, 0.3) is 0 Å². The van der Waals surface area contributed by atoms with Crippen LogP contribution < -0.4 is 0 Å². The summed E-state index contributed by atoms with van der Waals surface area (Å²) in [5.41, 5.74) is -0.113. The predicted molar refractivity (Wildman–Crippen MR) is 78.4 cm³/mol. The molecule has 2 heterocycles. The zero-order valence-electron chi connectivity index (χ0n) is 12.5. The van der Waals surface area contributed by atoms with Gasteiger partial charge in [-0.15, -0.1) is 0 Å². The van der Waals surface area contributed by atoms with E-state index in [1.807, 2.05) is 27.7 Å². The fourth-order valence-electron chi connectivity index (χ4n) is 2.50. The van der Waals surface area contributed by atoms with Crippen molar-refractivity contribution in [1.82, 2.24) is 14.7 Å². The summed E-state index contributed by atoms with van der Waals surface area (Å²) in [4.78, 5) is 15.1. The second kappa shape index (κ2) is 5.84. The Morgan fingerprint density at radius 3 is 2.55 bits per heavy atom. The van der Waals surface area contributed by atoms with Gasteiger partial charge in [-0.2, -0.15) is 5.10 Å². The van der Waals surface area contributed by atoms with Gasteiger partial charge in [-0.25, -0.2) is 0 Å². The number of halogens is 1. The molecule has 0 N–H and O–H groups in total. The first kappa shape index (κ1) is 15.5. The van der Waals surface area contributed by atoms with Crippen molar-refractivity contribution in [2.75, 3.05) is 26.3 Å². The maximum Gasteiger partial charge on any atom is 0.202 e. The van der Waals surface area contributed by atoms with Gasteiger partial charge in [0.15, 0.2) is 0 Å². The van der Waals surface area contributed by atoms with Crippen molar-refractivity contribution >= 4 is 17.4 Å². The van der Waals surface area contributed by atoms with Gasteiger partial charge in [0, 0.05) is 19.1 Å². The van der Waals surface area contributed by atoms with Gasteiger partial charge in [0.25, 0.3) is 0 Å². The highest BCUT2D eigenvalue weighted by molar-refractivity contribution is 6.34. The molecule has 20 heavy (non-hydrogen) atoms. The number of nitrogens with zero attached hydrogens (tertiary/aromatic N) is 3. The Balaban J connectivity index is 2.32. The molecule has 0 amide bonds. The molecule has 1 saturated heterocycles. The molecule has 0 bridgehead atoms. The van der Waals surface area contributed by atoms with Gasteiger partial charge in [0.2, 0.25) is 5.78 Å². The van der Waals surface area contributed by atoms with E-state index in [0.717, 1.165) is 13.1 Å². The number of carbonyl (C=O) groups excluding carboxylic acids is 1. The molecule has 6 heteroatoms. The second-order valence-electron chi connectivity index (χ2n) is 5.87. The smallest absolute Gasteiger partial charge is 0.202 e. The molecule has 0 saturated carbocycles. The third-order valence-electron chi connectivity index (χ3n) is 3.81. The highest BCUT2D eigenvalue weighted by atomic mass is 35.5. The van der Waals surface area contributed by atoms with Crippen LogP contribution in [0.3, 0.4) is 0 Å². The number of hydrogen-bond acceptors (Lipinski definition) is 4. The van der Waals surface area contributed by atoms with Crippen LogP contribution in [0.5, 0.6) is 0 Å². The number of ketones is 1. The van der Waals surface area contributed by atoms with Gasteiger partial charge in [-0.3, -0.25) is 14.4 Å². The van der Waals surface area contributed by atoms with Crippen LogP contribution in [0, 0.1) is 0 Å². The summed E-state index contributed by atoms with van der Waals surface area (Å²) in [6.45, 7) is 10.7. The van der Waals surface area contributed by atoms with Crippen LogP contribution in [0.2, 0.25) is 5.02 Å². The molecule has 1 aromatic rings. The Kier molecular flexibility index (Phi) is 4.52. The third kappa shape index (κ3) is 2.75. The normalized spacial score (nSPS) is 17.7. The van der Waals surface area contributed by atoms with Crippen molar-refractivity contribution in [2.45, 2.75) is 39.3 Å². The lowest BCUT2D eigenvalue weighted by Gasteiger charge is -2.39. The predicted octanol–water partition coefficient (Wildman–Crippen LogP) is 2.41. The van der Waals surface area contributed by atoms with Crippen LogP contribution in [-0.4, -0.2) is 52.3 Å². The molecule has 5 nitrogen and oxygen atoms in total. The molecule has 1 aliphatic heterocycles. The fraction of sp³-hybridized carbons (Fsp3) is 0.714. The van der Waals surface area contributed by atoms with Gasteiger partial charge in [-0.1, -0.05) is 11.6 Å². The van der Waals surface area contributed by atoms with Crippen molar-refractivity contribution < 1.29 is 9.53 Å². The topological polar surface area (TPSA) is 47.4 Å². The van der Waals surface area contributed by atoms with E-state index in [1.165, 1.54) is 0 Å². The number of morpholine rings is 1. The minimum Gasteiger partial charge on any atom is -0.379 e. The Morgan fingerprint density at radius 2 is 2.00 bits per heavy atom. The van der Waals surface area contributed by atoms with E-state index in [2.05, 4.69) is 10.00 Å². The van der Waals surface area contributed by atoms with Gasteiger partial charge in [0.1, 0.15) is 5.69 Å². The maximum absolute atomic E-state index is 12.9. The summed E-state index contributed by atoms with van der Waals surface area (Å²) in [5.74, 6) is 0.00981. The maximum atomic E-state index is 12.9. The number of aromatic nitrogens is 2. The molecular formula is C14H22ClN3O2. The van der Waals surface area contributed by atoms with Crippen molar-refractivity contribution in [1.29, 1.82) is 0 Å². The Hall–Kier alpha value is -0.910. The number of Topliss-reactive ketones (excluding diaryl/α,β-unsaturated/α-hetero) is 1. The van der Waals surface area contributed by atoms with Gasteiger partial charge in [0.05, 0.1) is 30.0 Å². The molecule has 1 aromatic heterocycles. The highest BCUT2D eigenvalue weighted by Crippen LogP contribution is 2.27. The van der Waals surface area contributed by atoms with E-state index in [4.69, 9.17) is 16.3 Å². The lowest BCUT2D eigenvalue weighted by atomic mass is 9.93. The monoisotopic (exact) mass is 299 g/mol. The number of ether oxygens (including phenoxy) is 1. The van der Waals surface area contributed by atoms with Crippen molar-refractivity contribution in [3.05, 3.63) is 16.9 Å². The molecular weight excluding hydrogens is 278 g/mol. The zero-order valence-corrected chi connectivity index (χ0v) is 13.3. The Bertz CT molecular complexity index is 491. The second-order valence-corrected chi connectivity index (χ2v) is 6.27. The van der Waals surface area contributed by atoms with Crippen LogP contribution in [0.15, 0.2) is 6.20 Å². The first-order valence-corrected chi connectivity index (χ1v) is 7.34. The van der Waals surface area contributed by atoms with E-state index in [-0.39, 0.29) is 11.8 Å². The summed E-state index contributed by atoms with van der Waals surface area (Å²) < 4.78 is 7.06. The molecule has 0 radical (unpaired) electrons. The largest absolute Gasteiger partial charge is 0.379 e. The molecule has 0 atom stereocenters. The molecule has 0 aromatic carbocycles. The van der Waals surface area contributed by atoms with Crippen molar-refractivity contribution in [3.8, 4) is 0 Å². The summed E-state index contributed by atoms with van der Waals surface area (Å²) in [6, 6.07) is 0.0990. The van der Waals surface area contributed by atoms with Crippen LogP contribution in [0.4, 0.5) is 0 Å². The minimum atomic E-state index is -0.611. The van der Waals surface area contributed by atoms with Crippen LogP contribution in [-0.2, 0) is 4.74 Å². The SMILES string of the molecule is CC(C)n1ncc(Cl)c1C(=O)C(C)(C)N1CCOCC1. The van der Waals surface area contributed by atoms with Crippen molar-refractivity contribution in [2.24, 2.45) is 0 Å². The first-order valence-electron chi connectivity index (χ1n) is 6.96.